The van der Waals surface area contributed by atoms with Crippen LogP contribution in [-0.4, -0.2) is 39.6 Å². The average Bonchev–Trinajstić information content (AvgIpc) is 2.69. The molecule has 1 fully saturated rings. The Balaban J connectivity index is 1.69. The topological polar surface area (TPSA) is 111 Å². The minimum atomic E-state index is -1.10. The van der Waals surface area contributed by atoms with Gasteiger partial charge in [-0.1, -0.05) is 24.3 Å². The Morgan fingerprint density at radius 1 is 1.18 bits per heavy atom. The summed E-state index contributed by atoms with van der Waals surface area (Å²) in [6.45, 7) is 3.02. The normalized spacial score (nSPS) is 16.2. The fourth-order valence-electron chi connectivity index (χ4n) is 3.48. The lowest BCUT2D eigenvalue weighted by atomic mass is 10.0. The van der Waals surface area contributed by atoms with Crippen LogP contribution in [0.25, 0.3) is 10.9 Å². The second kappa shape index (κ2) is 7.90. The Labute approximate surface area is 163 Å². The van der Waals surface area contributed by atoms with Crippen molar-refractivity contribution < 1.29 is 5.11 Å². The van der Waals surface area contributed by atoms with Crippen molar-refractivity contribution in [2.75, 3.05) is 25.0 Å². The van der Waals surface area contributed by atoms with Crippen LogP contribution in [0.5, 0.6) is 0 Å². The van der Waals surface area contributed by atoms with E-state index in [4.69, 9.17) is 11.0 Å². The van der Waals surface area contributed by atoms with Gasteiger partial charge in [0.05, 0.1) is 23.2 Å². The van der Waals surface area contributed by atoms with E-state index in [-0.39, 0.29) is 6.04 Å². The van der Waals surface area contributed by atoms with E-state index in [0.717, 1.165) is 30.6 Å². The first-order valence-electron chi connectivity index (χ1n) is 9.32. The number of hydrogen-bond acceptors (Lipinski definition) is 7. The molecule has 2 heterocycles. The highest BCUT2D eigenvalue weighted by Crippen LogP contribution is 2.28. The van der Waals surface area contributed by atoms with Crippen molar-refractivity contribution in [3.05, 3.63) is 65.5 Å². The number of nitrogens with one attached hydrogen (secondary N) is 1. The van der Waals surface area contributed by atoms with Crippen molar-refractivity contribution in [1.29, 1.82) is 5.26 Å². The van der Waals surface area contributed by atoms with Crippen molar-refractivity contribution >= 4 is 16.7 Å². The van der Waals surface area contributed by atoms with Crippen LogP contribution in [-0.2, 0) is 0 Å². The summed E-state index contributed by atoms with van der Waals surface area (Å²) in [5.41, 5.74) is 8.62. The van der Waals surface area contributed by atoms with Gasteiger partial charge in [0.15, 0.2) is 0 Å². The van der Waals surface area contributed by atoms with Gasteiger partial charge in [-0.25, -0.2) is 9.97 Å². The first-order chi connectivity index (χ1) is 13.7. The second-order valence-corrected chi connectivity index (χ2v) is 7.00. The van der Waals surface area contributed by atoms with E-state index in [1.807, 2.05) is 36.4 Å². The van der Waals surface area contributed by atoms with E-state index < -0.39 is 6.23 Å². The Bertz CT molecular complexity index is 1010. The summed E-state index contributed by atoms with van der Waals surface area (Å²) in [7, 11) is 0. The van der Waals surface area contributed by atoms with Gasteiger partial charge >= 0.3 is 0 Å². The van der Waals surface area contributed by atoms with Crippen molar-refractivity contribution in [2.45, 2.75) is 18.7 Å². The number of anilines is 1. The molecule has 1 unspecified atom stereocenters. The molecule has 1 aromatic heterocycles. The van der Waals surface area contributed by atoms with Crippen LogP contribution in [0.1, 0.15) is 35.4 Å². The van der Waals surface area contributed by atoms with Gasteiger partial charge in [-0.3, -0.25) is 0 Å². The molecule has 4 rings (SSSR count). The zero-order chi connectivity index (χ0) is 19.5. The van der Waals surface area contributed by atoms with Crippen LogP contribution in [0.3, 0.4) is 0 Å². The van der Waals surface area contributed by atoms with Gasteiger partial charge in [0.25, 0.3) is 0 Å². The first kappa shape index (κ1) is 18.3. The number of rotatable bonds is 6. The fraction of sp³-hybridized carbons (Fsp3) is 0.286. The molecule has 1 saturated heterocycles. The Kier molecular flexibility index (Phi) is 5.17. The highest BCUT2D eigenvalue weighted by atomic mass is 16.3. The van der Waals surface area contributed by atoms with Crippen molar-refractivity contribution in [3.63, 3.8) is 0 Å². The number of para-hydroxylation sites is 1. The summed E-state index contributed by atoms with van der Waals surface area (Å²) in [5.74, 6) is 0.697. The SMILES string of the molecule is N#Cc1ccc([C@@H](CN2CCC2)Nc2ncnc3c(C(N)O)cccc23)cc1. The Hall–Kier alpha value is -3.05. The molecule has 0 saturated carbocycles. The van der Waals surface area contributed by atoms with Gasteiger partial charge < -0.3 is 21.1 Å². The van der Waals surface area contributed by atoms with Crippen LogP contribution in [0.2, 0.25) is 0 Å². The van der Waals surface area contributed by atoms with Crippen LogP contribution < -0.4 is 11.1 Å². The predicted octanol–water partition coefficient (Wildman–Crippen LogP) is 2.31. The molecule has 7 nitrogen and oxygen atoms in total. The molecule has 1 aliphatic rings. The van der Waals surface area contributed by atoms with Gasteiger partial charge in [-0.2, -0.15) is 5.26 Å². The number of benzene rings is 2. The molecule has 28 heavy (non-hydrogen) atoms. The zero-order valence-corrected chi connectivity index (χ0v) is 15.4. The first-order valence-corrected chi connectivity index (χ1v) is 9.32. The largest absolute Gasteiger partial charge is 0.374 e. The summed E-state index contributed by atoms with van der Waals surface area (Å²) in [4.78, 5) is 11.1. The van der Waals surface area contributed by atoms with E-state index in [9.17, 15) is 5.11 Å². The molecule has 0 radical (unpaired) electrons. The molecule has 142 valence electrons. The highest BCUT2D eigenvalue weighted by molar-refractivity contribution is 5.91. The zero-order valence-electron chi connectivity index (χ0n) is 15.4. The summed E-state index contributed by atoms with van der Waals surface area (Å²) >= 11 is 0. The number of nitrogens with zero attached hydrogens (tertiary/aromatic N) is 4. The molecule has 0 amide bonds. The summed E-state index contributed by atoms with van der Waals surface area (Å²) in [6.07, 6.45) is 1.60. The van der Waals surface area contributed by atoms with E-state index >= 15 is 0 Å². The molecule has 0 bridgehead atoms. The predicted molar refractivity (Wildman–Crippen MR) is 107 cm³/mol. The third kappa shape index (κ3) is 3.66. The van der Waals surface area contributed by atoms with Gasteiger partial charge in [-0.15, -0.1) is 0 Å². The molecule has 7 heteroatoms. The number of aliphatic hydroxyl groups is 1. The number of hydrogen-bond donors (Lipinski definition) is 3. The van der Waals surface area contributed by atoms with Gasteiger partial charge in [0.1, 0.15) is 18.4 Å². The number of nitriles is 1. The molecule has 0 aliphatic carbocycles. The third-order valence-corrected chi connectivity index (χ3v) is 5.16. The maximum atomic E-state index is 9.84. The smallest absolute Gasteiger partial charge is 0.137 e. The Morgan fingerprint density at radius 2 is 1.96 bits per heavy atom. The van der Waals surface area contributed by atoms with E-state index in [2.05, 4.69) is 26.3 Å². The summed E-state index contributed by atoms with van der Waals surface area (Å²) in [5, 5.41) is 23.3. The molecule has 2 atom stereocenters. The van der Waals surface area contributed by atoms with Gasteiger partial charge in [0.2, 0.25) is 0 Å². The summed E-state index contributed by atoms with van der Waals surface area (Å²) < 4.78 is 0. The molecular formula is C21H22N6O. The number of aliphatic hydroxyl groups excluding tert-OH is 1. The maximum absolute atomic E-state index is 9.84. The van der Waals surface area contributed by atoms with Crippen molar-refractivity contribution in [3.8, 4) is 6.07 Å². The number of nitrogens with two attached hydrogens (primary N) is 1. The number of likely N-dealkylation sites (tertiary alicyclic amines) is 1. The molecular weight excluding hydrogens is 352 g/mol. The van der Waals surface area contributed by atoms with Crippen molar-refractivity contribution in [2.24, 2.45) is 5.73 Å². The quantitative estimate of drug-likeness (QED) is 0.568. The minimum absolute atomic E-state index is 0.0117. The maximum Gasteiger partial charge on any atom is 0.137 e. The van der Waals surface area contributed by atoms with Crippen LogP contribution in [0.15, 0.2) is 48.8 Å². The number of aromatic nitrogens is 2. The third-order valence-electron chi connectivity index (χ3n) is 5.16. The average molecular weight is 374 g/mol. The summed E-state index contributed by atoms with van der Waals surface area (Å²) in [6, 6.07) is 15.3. The molecule has 3 aromatic rings. The standard InChI is InChI=1S/C21H22N6O/c22-11-14-5-7-15(8-6-14)18(12-27-9-2-10-27)26-21-17-4-1-3-16(20(23)28)19(17)24-13-25-21/h1,3-8,13,18,20,28H,2,9-10,12,23H2,(H,24,25,26)/t18-,20?/m1/s1. The molecule has 0 spiro atoms. The van der Waals surface area contributed by atoms with Gasteiger partial charge in [0, 0.05) is 17.5 Å². The monoisotopic (exact) mass is 374 g/mol. The molecule has 2 aromatic carbocycles. The van der Waals surface area contributed by atoms with E-state index in [0.29, 0.717) is 22.5 Å². The van der Waals surface area contributed by atoms with E-state index in [1.165, 1.54) is 12.7 Å². The van der Waals surface area contributed by atoms with E-state index in [1.54, 1.807) is 6.07 Å². The van der Waals surface area contributed by atoms with Gasteiger partial charge in [-0.05, 0) is 43.3 Å². The van der Waals surface area contributed by atoms with Crippen LogP contribution in [0.4, 0.5) is 5.82 Å². The molecule has 1 aliphatic heterocycles. The highest BCUT2D eigenvalue weighted by Gasteiger charge is 2.22. The second-order valence-electron chi connectivity index (χ2n) is 7.00. The van der Waals surface area contributed by atoms with Crippen LogP contribution in [0, 0.1) is 11.3 Å². The fourth-order valence-corrected chi connectivity index (χ4v) is 3.48. The van der Waals surface area contributed by atoms with Crippen molar-refractivity contribution in [1.82, 2.24) is 14.9 Å². The number of fused-ring (bicyclic) bond motifs is 1. The lowest BCUT2D eigenvalue weighted by Crippen LogP contribution is -2.41. The lowest BCUT2D eigenvalue weighted by Gasteiger charge is -2.35. The minimum Gasteiger partial charge on any atom is -0.374 e. The van der Waals surface area contributed by atoms with Crippen LogP contribution >= 0.6 is 0 Å². The lowest BCUT2D eigenvalue weighted by molar-refractivity contribution is 0.174. The Morgan fingerprint density at radius 3 is 2.61 bits per heavy atom. The molecule has 4 N–H and O–H groups in total.